The molecule has 0 aromatic heterocycles. The van der Waals surface area contributed by atoms with Crippen LogP contribution in [-0.4, -0.2) is 32.0 Å². The number of methoxy groups -OCH3 is 1. The van der Waals surface area contributed by atoms with Gasteiger partial charge in [0, 0.05) is 7.11 Å². The van der Waals surface area contributed by atoms with Crippen molar-refractivity contribution in [1.82, 2.24) is 0 Å². The Labute approximate surface area is 92.9 Å². The van der Waals surface area contributed by atoms with E-state index in [1.165, 1.54) is 0 Å². The minimum absolute atomic E-state index is 0.259. The second kappa shape index (κ2) is 4.28. The summed E-state index contributed by atoms with van der Waals surface area (Å²) in [6.45, 7) is 10.8. The van der Waals surface area contributed by atoms with Crippen LogP contribution >= 0.6 is 0 Å². The van der Waals surface area contributed by atoms with Crippen LogP contribution in [0.25, 0.3) is 0 Å². The molecule has 1 saturated heterocycles. The van der Waals surface area contributed by atoms with E-state index in [1.807, 2.05) is 40.6 Å². The lowest BCUT2D eigenvalue weighted by atomic mass is 9.87. The summed E-state index contributed by atoms with van der Waals surface area (Å²) in [6, 6.07) is 0. The van der Waals surface area contributed by atoms with Gasteiger partial charge in [-0.1, -0.05) is 11.5 Å². The van der Waals surface area contributed by atoms with Crippen LogP contribution in [0.3, 0.4) is 0 Å². The third kappa shape index (κ3) is 2.83. The Hall–Kier alpha value is -0.315. The molecule has 3 nitrogen and oxygen atoms in total. The van der Waals surface area contributed by atoms with E-state index in [1.54, 1.807) is 7.11 Å². The van der Waals surface area contributed by atoms with E-state index in [0.29, 0.717) is 6.61 Å². The second-order valence-electron chi connectivity index (χ2n) is 5.07. The maximum atomic E-state index is 5.83. The Bertz CT molecular complexity index is 243. The molecule has 4 heteroatoms. The molecule has 0 N–H and O–H groups in total. The fourth-order valence-corrected chi connectivity index (χ4v) is 1.46. The van der Waals surface area contributed by atoms with Crippen molar-refractivity contribution < 1.29 is 14.0 Å². The van der Waals surface area contributed by atoms with E-state index >= 15 is 0 Å². The summed E-state index contributed by atoms with van der Waals surface area (Å²) in [6.07, 6.45) is 0. The van der Waals surface area contributed by atoms with Crippen molar-refractivity contribution in [3.63, 3.8) is 0 Å². The van der Waals surface area contributed by atoms with Gasteiger partial charge >= 0.3 is 7.12 Å². The molecule has 0 aromatic rings. The first-order valence-electron chi connectivity index (χ1n) is 5.30. The van der Waals surface area contributed by atoms with Crippen molar-refractivity contribution in [2.45, 2.75) is 45.8 Å². The average Bonchev–Trinajstić information content (AvgIpc) is 2.19. The quantitative estimate of drug-likeness (QED) is 0.671. The van der Waals surface area contributed by atoms with Gasteiger partial charge in [0.05, 0.1) is 17.8 Å². The van der Waals surface area contributed by atoms with E-state index in [4.69, 9.17) is 14.0 Å². The van der Waals surface area contributed by atoms with Gasteiger partial charge < -0.3 is 14.0 Å². The van der Waals surface area contributed by atoms with Gasteiger partial charge in [-0.05, 0) is 34.6 Å². The van der Waals surface area contributed by atoms with Crippen LogP contribution in [0.15, 0.2) is 11.5 Å². The molecule has 0 aromatic carbocycles. The SMILES string of the molecule is COCC(C)=CB1OC(C)(C)C(C)(C)O1. The van der Waals surface area contributed by atoms with Crippen LogP contribution in [0.1, 0.15) is 34.6 Å². The molecule has 0 unspecified atom stereocenters. The molecule has 15 heavy (non-hydrogen) atoms. The lowest BCUT2D eigenvalue weighted by Gasteiger charge is -2.32. The molecule has 1 fully saturated rings. The van der Waals surface area contributed by atoms with E-state index in [2.05, 4.69) is 0 Å². The topological polar surface area (TPSA) is 27.7 Å². The van der Waals surface area contributed by atoms with Gasteiger partial charge in [0.15, 0.2) is 0 Å². The third-order valence-electron chi connectivity index (χ3n) is 3.06. The predicted octanol–water partition coefficient (Wildman–Crippen LogP) is 2.21. The zero-order valence-corrected chi connectivity index (χ0v) is 10.6. The number of hydrogen-bond acceptors (Lipinski definition) is 3. The Morgan fingerprint density at radius 1 is 1.20 bits per heavy atom. The van der Waals surface area contributed by atoms with Crippen LogP contribution in [0.4, 0.5) is 0 Å². The average molecular weight is 212 g/mol. The molecule has 1 heterocycles. The van der Waals surface area contributed by atoms with Crippen molar-refractivity contribution >= 4 is 7.12 Å². The second-order valence-corrected chi connectivity index (χ2v) is 5.07. The standard InChI is InChI=1S/C11H21BO3/c1-9(8-13-6)7-12-14-10(2,3)11(4,5)15-12/h7H,8H2,1-6H3. The van der Waals surface area contributed by atoms with Gasteiger partial charge in [-0.2, -0.15) is 0 Å². The summed E-state index contributed by atoms with van der Waals surface area (Å²) >= 11 is 0. The predicted molar refractivity (Wildman–Crippen MR) is 61.7 cm³/mol. The largest absolute Gasteiger partial charge is 0.487 e. The third-order valence-corrected chi connectivity index (χ3v) is 3.06. The molecule has 0 aliphatic carbocycles. The van der Waals surface area contributed by atoms with Crippen molar-refractivity contribution in [3.05, 3.63) is 11.5 Å². The highest BCUT2D eigenvalue weighted by molar-refractivity contribution is 6.51. The highest BCUT2D eigenvalue weighted by Gasteiger charge is 2.50. The first-order valence-corrected chi connectivity index (χ1v) is 5.30. The fourth-order valence-electron chi connectivity index (χ4n) is 1.46. The van der Waals surface area contributed by atoms with Gasteiger partial charge in [0.1, 0.15) is 0 Å². The summed E-state index contributed by atoms with van der Waals surface area (Å²) in [5.74, 6) is 1.97. The zero-order valence-electron chi connectivity index (χ0n) is 10.6. The monoisotopic (exact) mass is 212 g/mol. The van der Waals surface area contributed by atoms with Crippen LogP contribution < -0.4 is 0 Å². The highest BCUT2D eigenvalue weighted by Crippen LogP contribution is 2.37. The fraction of sp³-hybridized carbons (Fsp3) is 0.818. The van der Waals surface area contributed by atoms with E-state index in [9.17, 15) is 0 Å². The Morgan fingerprint density at radius 2 is 1.67 bits per heavy atom. The van der Waals surface area contributed by atoms with Crippen molar-refractivity contribution in [2.24, 2.45) is 0 Å². The minimum atomic E-state index is -0.262. The Kier molecular flexibility index (Phi) is 3.64. The molecular formula is C11H21BO3. The van der Waals surface area contributed by atoms with Gasteiger partial charge in [0.25, 0.3) is 0 Å². The molecule has 0 amide bonds. The molecular weight excluding hydrogens is 191 g/mol. The molecule has 1 rings (SSSR count). The molecule has 0 radical (unpaired) electrons. The summed E-state index contributed by atoms with van der Waals surface area (Å²) in [5.41, 5.74) is 0.597. The first kappa shape index (κ1) is 12.8. The molecule has 0 spiro atoms. The molecule has 86 valence electrons. The highest BCUT2D eigenvalue weighted by atomic mass is 16.7. The first-order chi connectivity index (χ1) is 6.78. The van der Waals surface area contributed by atoms with Gasteiger partial charge in [-0.25, -0.2) is 0 Å². The minimum Gasteiger partial charge on any atom is -0.400 e. The van der Waals surface area contributed by atoms with Crippen LogP contribution in [-0.2, 0) is 14.0 Å². The summed E-state index contributed by atoms with van der Waals surface area (Å²) in [7, 11) is 1.42. The van der Waals surface area contributed by atoms with Crippen molar-refractivity contribution in [3.8, 4) is 0 Å². The Morgan fingerprint density at radius 3 is 2.07 bits per heavy atom. The smallest absolute Gasteiger partial charge is 0.400 e. The maximum absolute atomic E-state index is 5.83. The molecule has 0 bridgehead atoms. The number of hydrogen-bond donors (Lipinski definition) is 0. The van der Waals surface area contributed by atoms with Gasteiger partial charge in [0.2, 0.25) is 0 Å². The maximum Gasteiger partial charge on any atom is 0.487 e. The van der Waals surface area contributed by atoms with E-state index in [0.717, 1.165) is 5.57 Å². The van der Waals surface area contributed by atoms with Crippen molar-refractivity contribution in [1.29, 1.82) is 0 Å². The molecule has 1 aliphatic heterocycles. The molecule has 0 saturated carbocycles. The lowest BCUT2D eigenvalue weighted by molar-refractivity contribution is 0.00578. The molecule has 1 aliphatic rings. The number of rotatable bonds is 3. The number of ether oxygens (including phenoxy) is 1. The van der Waals surface area contributed by atoms with Gasteiger partial charge in [-0.3, -0.25) is 0 Å². The zero-order chi connectivity index (χ0) is 11.7. The van der Waals surface area contributed by atoms with E-state index in [-0.39, 0.29) is 18.3 Å². The summed E-state index contributed by atoms with van der Waals surface area (Å²) < 4.78 is 16.7. The summed E-state index contributed by atoms with van der Waals surface area (Å²) in [4.78, 5) is 0. The van der Waals surface area contributed by atoms with Crippen LogP contribution in [0, 0.1) is 0 Å². The lowest BCUT2D eigenvalue weighted by Crippen LogP contribution is -2.41. The molecule has 0 atom stereocenters. The normalized spacial score (nSPS) is 24.7. The van der Waals surface area contributed by atoms with Crippen molar-refractivity contribution in [2.75, 3.05) is 13.7 Å². The van der Waals surface area contributed by atoms with Crippen LogP contribution in [0.2, 0.25) is 0 Å². The summed E-state index contributed by atoms with van der Waals surface area (Å²) in [5, 5.41) is 0. The van der Waals surface area contributed by atoms with Gasteiger partial charge in [-0.15, -0.1) is 0 Å². The van der Waals surface area contributed by atoms with Crippen LogP contribution in [0.5, 0.6) is 0 Å². The van der Waals surface area contributed by atoms with E-state index < -0.39 is 0 Å². The Balaban J connectivity index is 2.67.